The Morgan fingerprint density at radius 3 is 2.23 bits per heavy atom. The van der Waals surface area contributed by atoms with Crippen LogP contribution < -0.4 is 20.1 Å². The predicted molar refractivity (Wildman–Crippen MR) is 126 cm³/mol. The Hall–Kier alpha value is -2.31. The number of benzene rings is 2. The Morgan fingerprint density at radius 2 is 1.67 bits per heavy atom. The van der Waals surface area contributed by atoms with Gasteiger partial charge >= 0.3 is 0 Å². The molecule has 0 saturated heterocycles. The number of hydrogen-bond acceptors (Lipinski definition) is 4. The van der Waals surface area contributed by atoms with Crippen molar-refractivity contribution in [3.63, 3.8) is 0 Å². The van der Waals surface area contributed by atoms with E-state index in [1.807, 2.05) is 19.1 Å². The molecule has 0 aromatic heterocycles. The Morgan fingerprint density at radius 1 is 1.07 bits per heavy atom. The third-order valence-electron chi connectivity index (χ3n) is 4.75. The second-order valence-corrected chi connectivity index (χ2v) is 8.35. The van der Waals surface area contributed by atoms with E-state index in [1.54, 1.807) is 26.4 Å². The molecule has 2 aromatic rings. The molecule has 0 bridgehead atoms. The summed E-state index contributed by atoms with van der Waals surface area (Å²) in [7, 11) is 3.11. The lowest BCUT2D eigenvalue weighted by Gasteiger charge is -2.16. The number of amides is 1. The van der Waals surface area contributed by atoms with E-state index in [9.17, 15) is 4.79 Å². The Balaban J connectivity index is 1.93. The number of thiocarbonyl (C=S) groups is 1. The topological polar surface area (TPSA) is 59.6 Å². The minimum atomic E-state index is -0.317. The second-order valence-electron chi connectivity index (χ2n) is 7.53. The van der Waals surface area contributed by atoms with Gasteiger partial charge in [0.15, 0.2) is 16.6 Å². The summed E-state index contributed by atoms with van der Waals surface area (Å²) in [6.07, 6.45) is 1.02. The average Bonchev–Trinajstić information content (AvgIpc) is 2.72. The summed E-state index contributed by atoms with van der Waals surface area (Å²) in [6.45, 7) is 6.58. The Kier molecular flexibility index (Phi) is 8.93. The van der Waals surface area contributed by atoms with Crippen LogP contribution in [-0.2, 0) is 17.8 Å². The molecule has 0 spiro atoms. The van der Waals surface area contributed by atoms with E-state index < -0.39 is 0 Å². The highest BCUT2D eigenvalue weighted by atomic mass is 35.5. The molecular weight excluding hydrogens is 420 g/mol. The van der Waals surface area contributed by atoms with E-state index in [0.717, 1.165) is 17.5 Å². The van der Waals surface area contributed by atoms with Crippen LogP contribution in [0.3, 0.4) is 0 Å². The predicted octanol–water partition coefficient (Wildman–Crippen LogP) is 4.85. The molecule has 0 heterocycles. The first-order valence-electron chi connectivity index (χ1n) is 9.83. The molecule has 2 N–H and O–H groups in total. The maximum Gasteiger partial charge on any atom is 0.233 e. The van der Waals surface area contributed by atoms with Gasteiger partial charge in [-0.2, -0.15) is 0 Å². The van der Waals surface area contributed by atoms with Crippen LogP contribution in [0.15, 0.2) is 36.4 Å². The largest absolute Gasteiger partial charge is 0.493 e. The average molecular weight is 449 g/mol. The molecule has 1 atom stereocenters. The van der Waals surface area contributed by atoms with E-state index in [-0.39, 0.29) is 16.9 Å². The van der Waals surface area contributed by atoms with Crippen molar-refractivity contribution in [3.8, 4) is 11.5 Å². The molecule has 0 aliphatic heterocycles. The zero-order chi connectivity index (χ0) is 22.3. The number of methoxy groups -OCH3 is 2. The Labute approximate surface area is 189 Å². The van der Waals surface area contributed by atoms with E-state index in [1.165, 1.54) is 5.56 Å². The van der Waals surface area contributed by atoms with Crippen molar-refractivity contribution >= 4 is 34.8 Å². The molecule has 0 aliphatic carbocycles. The molecule has 0 saturated carbocycles. The highest BCUT2D eigenvalue weighted by molar-refractivity contribution is 7.80. The van der Waals surface area contributed by atoms with Gasteiger partial charge in [-0.1, -0.05) is 49.7 Å². The molecule has 5 nitrogen and oxygen atoms in total. The third kappa shape index (κ3) is 6.61. The molecule has 1 unspecified atom stereocenters. The van der Waals surface area contributed by atoms with Crippen LogP contribution in [0, 0.1) is 5.92 Å². The van der Waals surface area contributed by atoms with E-state index in [4.69, 9.17) is 33.3 Å². The van der Waals surface area contributed by atoms with Gasteiger partial charge in [-0.3, -0.25) is 4.79 Å². The van der Waals surface area contributed by atoms with Gasteiger partial charge in [-0.25, -0.2) is 0 Å². The molecule has 30 heavy (non-hydrogen) atoms. The molecule has 2 aromatic carbocycles. The van der Waals surface area contributed by atoms with Crippen LogP contribution in [0.1, 0.15) is 43.4 Å². The number of hydrogen-bond donors (Lipinski definition) is 2. The van der Waals surface area contributed by atoms with Gasteiger partial charge in [-0.05, 0) is 54.2 Å². The minimum Gasteiger partial charge on any atom is -0.493 e. The molecule has 0 radical (unpaired) electrons. The zero-order valence-corrected chi connectivity index (χ0v) is 19.6. The van der Waals surface area contributed by atoms with Crippen molar-refractivity contribution in [3.05, 3.63) is 58.1 Å². The van der Waals surface area contributed by atoms with Crippen molar-refractivity contribution in [2.45, 2.75) is 39.7 Å². The Bertz CT molecular complexity index is 885. The smallest absolute Gasteiger partial charge is 0.233 e. The number of carbonyl (C=O) groups excluding carboxylic acids is 1. The molecule has 7 heteroatoms. The highest BCUT2D eigenvalue weighted by Gasteiger charge is 2.17. The molecule has 2 rings (SSSR count). The number of halogens is 1. The number of carbonyl (C=O) groups is 1. The lowest BCUT2D eigenvalue weighted by atomic mass is 9.96. The fraction of sp³-hybridized carbons (Fsp3) is 0.391. The van der Waals surface area contributed by atoms with Crippen molar-refractivity contribution < 1.29 is 14.3 Å². The zero-order valence-electron chi connectivity index (χ0n) is 18.0. The van der Waals surface area contributed by atoms with Crippen LogP contribution >= 0.6 is 23.8 Å². The van der Waals surface area contributed by atoms with Gasteiger partial charge in [0, 0.05) is 17.6 Å². The fourth-order valence-corrected chi connectivity index (χ4v) is 3.43. The van der Waals surface area contributed by atoms with Gasteiger partial charge in [0.05, 0.1) is 20.1 Å². The second kappa shape index (κ2) is 11.2. The maximum atomic E-state index is 12.6. The van der Waals surface area contributed by atoms with Crippen LogP contribution in [-0.4, -0.2) is 25.2 Å². The van der Waals surface area contributed by atoms with Gasteiger partial charge in [0.1, 0.15) is 0 Å². The SMILES string of the molecule is COc1cc(Cl)c(CNC(=S)NC(=O)C(C)c2ccc(CC(C)C)cc2)cc1OC. The lowest BCUT2D eigenvalue weighted by molar-refractivity contribution is -0.120. The number of ether oxygens (including phenoxy) is 2. The first-order valence-corrected chi connectivity index (χ1v) is 10.6. The van der Waals surface area contributed by atoms with Crippen molar-refractivity contribution in [1.82, 2.24) is 10.6 Å². The molecular formula is C23H29ClN2O3S. The van der Waals surface area contributed by atoms with Gasteiger partial charge in [-0.15, -0.1) is 0 Å². The summed E-state index contributed by atoms with van der Waals surface area (Å²) in [5.74, 6) is 1.24. The standard InChI is InChI=1S/C23H29ClN2O3S/c1-14(2)10-16-6-8-17(9-7-16)15(3)22(27)26-23(30)25-13-18-11-20(28-4)21(29-5)12-19(18)24/h6-9,11-12,14-15H,10,13H2,1-5H3,(H2,25,26,27,30). The molecule has 1 amide bonds. The van der Waals surface area contributed by atoms with Crippen LogP contribution in [0.4, 0.5) is 0 Å². The minimum absolute atomic E-state index is 0.164. The molecule has 162 valence electrons. The summed E-state index contributed by atoms with van der Waals surface area (Å²) in [6, 6.07) is 11.6. The van der Waals surface area contributed by atoms with Crippen LogP contribution in [0.5, 0.6) is 11.5 Å². The third-order valence-corrected chi connectivity index (χ3v) is 5.34. The first-order chi connectivity index (χ1) is 14.2. The van der Waals surface area contributed by atoms with E-state index in [2.05, 4.69) is 36.6 Å². The van der Waals surface area contributed by atoms with Crippen LogP contribution in [0.2, 0.25) is 5.02 Å². The van der Waals surface area contributed by atoms with Gasteiger partial charge in [0.2, 0.25) is 5.91 Å². The summed E-state index contributed by atoms with van der Waals surface area (Å²) >= 11 is 11.6. The summed E-state index contributed by atoms with van der Waals surface area (Å²) < 4.78 is 10.5. The number of rotatable bonds is 8. The van der Waals surface area contributed by atoms with Gasteiger partial charge in [0.25, 0.3) is 0 Å². The monoisotopic (exact) mass is 448 g/mol. The lowest BCUT2D eigenvalue weighted by Crippen LogP contribution is -2.40. The van der Waals surface area contributed by atoms with Crippen LogP contribution in [0.25, 0.3) is 0 Å². The van der Waals surface area contributed by atoms with Crippen molar-refractivity contribution in [1.29, 1.82) is 0 Å². The van der Waals surface area contributed by atoms with Gasteiger partial charge < -0.3 is 20.1 Å². The molecule has 0 fully saturated rings. The summed E-state index contributed by atoms with van der Waals surface area (Å²) in [5, 5.41) is 6.53. The highest BCUT2D eigenvalue weighted by Crippen LogP contribution is 2.33. The first kappa shape index (κ1) is 24.0. The fourth-order valence-electron chi connectivity index (χ4n) is 3.04. The van der Waals surface area contributed by atoms with Crippen molar-refractivity contribution in [2.24, 2.45) is 5.92 Å². The van der Waals surface area contributed by atoms with Crippen molar-refractivity contribution in [2.75, 3.05) is 14.2 Å². The normalized spacial score (nSPS) is 11.7. The van der Waals surface area contributed by atoms with E-state index in [0.29, 0.717) is 29.0 Å². The number of nitrogens with one attached hydrogen (secondary N) is 2. The molecule has 0 aliphatic rings. The quantitative estimate of drug-likeness (QED) is 0.565. The maximum absolute atomic E-state index is 12.6. The van der Waals surface area contributed by atoms with E-state index >= 15 is 0 Å². The summed E-state index contributed by atoms with van der Waals surface area (Å²) in [4.78, 5) is 12.6. The summed E-state index contributed by atoms with van der Waals surface area (Å²) in [5.41, 5.74) is 3.00.